The molecule has 3 aromatic heterocycles. The van der Waals surface area contributed by atoms with Gasteiger partial charge in [0.2, 0.25) is 0 Å². The molecule has 1 N–H and O–H groups in total. The van der Waals surface area contributed by atoms with E-state index in [4.69, 9.17) is 4.74 Å². The molecule has 0 saturated heterocycles. The highest BCUT2D eigenvalue weighted by Gasteiger charge is 2.19. The van der Waals surface area contributed by atoms with Gasteiger partial charge in [-0.05, 0) is 37.3 Å². The Morgan fingerprint density at radius 2 is 2.07 bits per heavy atom. The molecule has 5 rings (SSSR count). The van der Waals surface area contributed by atoms with Crippen molar-refractivity contribution in [2.24, 2.45) is 0 Å². The van der Waals surface area contributed by atoms with Gasteiger partial charge in [0.05, 0.1) is 18.7 Å². The summed E-state index contributed by atoms with van der Waals surface area (Å²) < 4.78 is 7.84. The van der Waals surface area contributed by atoms with Gasteiger partial charge in [0.15, 0.2) is 0 Å². The van der Waals surface area contributed by atoms with Crippen molar-refractivity contribution >= 4 is 16.7 Å². The van der Waals surface area contributed by atoms with Gasteiger partial charge in [-0.2, -0.15) is 5.10 Å². The first-order chi connectivity index (χ1) is 13.3. The minimum atomic E-state index is 0.642. The Morgan fingerprint density at radius 3 is 3.00 bits per heavy atom. The van der Waals surface area contributed by atoms with E-state index < -0.39 is 0 Å². The normalized spacial score (nSPS) is 13.7. The standard InChI is InChI=1S/C20H20N6O/c1-2-27-15-3-4-17-16(12-15)20(24-23-17)14-5-6-21-18(11-14)26-10-9-25-8-7-22-19(25)13-26/h3-8,11-12H,2,9-10,13H2,1H3,(H,23,24). The molecule has 7 nitrogen and oxygen atoms in total. The van der Waals surface area contributed by atoms with E-state index in [0.717, 1.165) is 59.2 Å². The van der Waals surface area contributed by atoms with E-state index in [9.17, 15) is 0 Å². The highest BCUT2D eigenvalue weighted by molar-refractivity contribution is 5.94. The SMILES string of the molecule is CCOc1ccc2[nH]nc(-c3ccnc(N4CCn5ccnc5C4)c3)c2c1. The molecule has 0 saturated carbocycles. The third kappa shape index (κ3) is 2.81. The first-order valence-corrected chi connectivity index (χ1v) is 9.14. The molecule has 1 aromatic carbocycles. The molecule has 0 atom stereocenters. The highest BCUT2D eigenvalue weighted by Crippen LogP contribution is 2.31. The van der Waals surface area contributed by atoms with Crippen molar-refractivity contribution in [1.29, 1.82) is 0 Å². The summed E-state index contributed by atoms with van der Waals surface area (Å²) in [6, 6.07) is 10.1. The van der Waals surface area contributed by atoms with E-state index in [1.54, 1.807) is 0 Å². The van der Waals surface area contributed by atoms with Gasteiger partial charge in [0.25, 0.3) is 0 Å². The van der Waals surface area contributed by atoms with Crippen LogP contribution in [0, 0.1) is 0 Å². The second-order valence-electron chi connectivity index (χ2n) is 6.57. The number of H-pyrrole nitrogens is 1. The van der Waals surface area contributed by atoms with E-state index in [1.165, 1.54) is 0 Å². The van der Waals surface area contributed by atoms with Crippen LogP contribution in [0.2, 0.25) is 0 Å². The summed E-state index contributed by atoms with van der Waals surface area (Å²) in [6.45, 7) is 5.22. The summed E-state index contributed by atoms with van der Waals surface area (Å²) in [4.78, 5) is 11.3. The van der Waals surface area contributed by atoms with E-state index in [-0.39, 0.29) is 0 Å². The lowest BCUT2D eigenvalue weighted by Gasteiger charge is -2.28. The van der Waals surface area contributed by atoms with Crippen molar-refractivity contribution in [3.05, 3.63) is 54.7 Å². The van der Waals surface area contributed by atoms with Crippen LogP contribution in [0.1, 0.15) is 12.7 Å². The molecule has 4 heterocycles. The number of rotatable bonds is 4. The number of pyridine rings is 1. The van der Waals surface area contributed by atoms with Crippen molar-refractivity contribution in [2.75, 3.05) is 18.1 Å². The molecule has 1 aliphatic rings. The van der Waals surface area contributed by atoms with Gasteiger partial charge in [-0.1, -0.05) is 0 Å². The number of hydrogen-bond acceptors (Lipinski definition) is 5. The molecule has 4 aromatic rings. The minimum Gasteiger partial charge on any atom is -0.494 e. The number of fused-ring (bicyclic) bond motifs is 2. The minimum absolute atomic E-state index is 0.642. The van der Waals surface area contributed by atoms with Crippen LogP contribution in [-0.2, 0) is 13.1 Å². The molecular formula is C20H20N6O. The summed E-state index contributed by atoms with van der Waals surface area (Å²) in [6.07, 6.45) is 5.73. The fourth-order valence-electron chi connectivity index (χ4n) is 3.58. The lowest BCUT2D eigenvalue weighted by molar-refractivity contribution is 0.341. The van der Waals surface area contributed by atoms with E-state index in [2.05, 4.69) is 35.7 Å². The van der Waals surface area contributed by atoms with Crippen molar-refractivity contribution in [1.82, 2.24) is 24.7 Å². The molecule has 7 heteroatoms. The van der Waals surface area contributed by atoms with Gasteiger partial charge in [-0.15, -0.1) is 0 Å². The third-order valence-electron chi connectivity index (χ3n) is 4.93. The molecular weight excluding hydrogens is 340 g/mol. The van der Waals surface area contributed by atoms with Crippen molar-refractivity contribution in [2.45, 2.75) is 20.0 Å². The van der Waals surface area contributed by atoms with Gasteiger partial charge < -0.3 is 14.2 Å². The van der Waals surface area contributed by atoms with Crippen LogP contribution in [0.3, 0.4) is 0 Å². The number of aromatic nitrogens is 5. The predicted octanol–water partition coefficient (Wildman–Crippen LogP) is 3.24. The fraction of sp³-hybridized carbons (Fsp3) is 0.250. The Bertz CT molecular complexity index is 1100. The Labute approximate surface area is 156 Å². The van der Waals surface area contributed by atoms with Crippen molar-refractivity contribution in [3.8, 4) is 17.0 Å². The van der Waals surface area contributed by atoms with Gasteiger partial charge in [-0.3, -0.25) is 5.10 Å². The molecule has 0 amide bonds. The Kier molecular flexibility index (Phi) is 3.78. The zero-order valence-electron chi connectivity index (χ0n) is 15.1. The van der Waals surface area contributed by atoms with E-state index in [0.29, 0.717) is 6.61 Å². The highest BCUT2D eigenvalue weighted by atomic mass is 16.5. The number of anilines is 1. The Hall–Kier alpha value is -3.35. The first kappa shape index (κ1) is 15.9. The van der Waals surface area contributed by atoms with Gasteiger partial charge in [-0.25, -0.2) is 9.97 Å². The summed E-state index contributed by atoms with van der Waals surface area (Å²) >= 11 is 0. The van der Waals surface area contributed by atoms with Gasteiger partial charge >= 0.3 is 0 Å². The van der Waals surface area contributed by atoms with Crippen LogP contribution in [0.15, 0.2) is 48.9 Å². The fourth-order valence-corrected chi connectivity index (χ4v) is 3.58. The van der Waals surface area contributed by atoms with E-state index in [1.807, 2.05) is 49.8 Å². The average Bonchev–Trinajstić information content (AvgIpc) is 3.34. The predicted molar refractivity (Wildman–Crippen MR) is 104 cm³/mol. The number of nitrogens with zero attached hydrogens (tertiary/aromatic N) is 5. The first-order valence-electron chi connectivity index (χ1n) is 9.14. The van der Waals surface area contributed by atoms with Crippen LogP contribution in [0.5, 0.6) is 5.75 Å². The number of aromatic amines is 1. The van der Waals surface area contributed by atoms with Crippen LogP contribution in [-0.4, -0.2) is 37.9 Å². The molecule has 0 spiro atoms. The lowest BCUT2D eigenvalue weighted by atomic mass is 10.1. The molecule has 0 fully saturated rings. The summed E-state index contributed by atoms with van der Waals surface area (Å²) in [5.41, 5.74) is 2.94. The van der Waals surface area contributed by atoms with Crippen molar-refractivity contribution in [3.63, 3.8) is 0 Å². The van der Waals surface area contributed by atoms with Crippen LogP contribution in [0.4, 0.5) is 5.82 Å². The van der Waals surface area contributed by atoms with Crippen LogP contribution < -0.4 is 9.64 Å². The molecule has 0 radical (unpaired) electrons. The lowest BCUT2D eigenvalue weighted by Crippen LogP contribution is -2.34. The number of imidazole rings is 1. The maximum absolute atomic E-state index is 5.65. The van der Waals surface area contributed by atoms with E-state index >= 15 is 0 Å². The summed E-state index contributed by atoms with van der Waals surface area (Å²) in [5.74, 6) is 2.86. The maximum Gasteiger partial charge on any atom is 0.129 e. The Balaban J connectivity index is 1.51. The quantitative estimate of drug-likeness (QED) is 0.605. The molecule has 0 aliphatic carbocycles. The smallest absolute Gasteiger partial charge is 0.129 e. The molecule has 1 aliphatic heterocycles. The third-order valence-corrected chi connectivity index (χ3v) is 4.93. The number of nitrogens with one attached hydrogen (secondary N) is 1. The molecule has 136 valence electrons. The second kappa shape index (κ2) is 6.42. The van der Waals surface area contributed by atoms with Crippen LogP contribution in [0.25, 0.3) is 22.2 Å². The molecule has 0 bridgehead atoms. The number of ether oxygens (including phenoxy) is 1. The number of hydrogen-bond donors (Lipinski definition) is 1. The zero-order valence-corrected chi connectivity index (χ0v) is 15.1. The number of benzene rings is 1. The largest absolute Gasteiger partial charge is 0.494 e. The molecule has 0 unspecified atom stereocenters. The second-order valence-corrected chi connectivity index (χ2v) is 6.57. The van der Waals surface area contributed by atoms with Crippen LogP contribution >= 0.6 is 0 Å². The monoisotopic (exact) mass is 360 g/mol. The maximum atomic E-state index is 5.65. The van der Waals surface area contributed by atoms with Gasteiger partial charge in [0, 0.05) is 42.6 Å². The van der Waals surface area contributed by atoms with Gasteiger partial charge in [0.1, 0.15) is 23.1 Å². The Morgan fingerprint density at radius 1 is 1.11 bits per heavy atom. The zero-order chi connectivity index (χ0) is 18.2. The summed E-state index contributed by atoms with van der Waals surface area (Å²) in [5, 5.41) is 8.70. The average molecular weight is 360 g/mol. The van der Waals surface area contributed by atoms with Crippen molar-refractivity contribution < 1.29 is 4.74 Å². The molecule has 27 heavy (non-hydrogen) atoms. The topological polar surface area (TPSA) is 71.9 Å². The summed E-state index contributed by atoms with van der Waals surface area (Å²) in [7, 11) is 0.